The highest BCUT2D eigenvalue weighted by molar-refractivity contribution is 5.77. The lowest BCUT2D eigenvalue weighted by Crippen LogP contribution is -2.54. The SMILES string of the molecule is O=C1CC[C@]2(CCCN(c3cnccn3)C2)CN1Cc1cccnc1. The molecule has 1 spiro atoms. The average Bonchev–Trinajstić information content (AvgIpc) is 2.67. The number of hydrogen-bond donors (Lipinski definition) is 0. The van der Waals surface area contributed by atoms with Crippen molar-refractivity contribution in [2.45, 2.75) is 32.2 Å². The van der Waals surface area contributed by atoms with Crippen LogP contribution in [0.4, 0.5) is 5.82 Å². The molecule has 1 atom stereocenters. The number of hydrogen-bond acceptors (Lipinski definition) is 5. The van der Waals surface area contributed by atoms with Gasteiger partial charge in [0.15, 0.2) is 0 Å². The summed E-state index contributed by atoms with van der Waals surface area (Å²) in [6.07, 6.45) is 12.8. The number of amides is 1. The number of aromatic nitrogens is 3. The number of nitrogens with zero attached hydrogens (tertiary/aromatic N) is 5. The minimum Gasteiger partial charge on any atom is -0.355 e. The van der Waals surface area contributed by atoms with Crippen LogP contribution in [0.3, 0.4) is 0 Å². The molecule has 2 fully saturated rings. The largest absolute Gasteiger partial charge is 0.355 e. The maximum absolute atomic E-state index is 12.4. The average molecular weight is 337 g/mol. The Labute approximate surface area is 147 Å². The fraction of sp³-hybridized carbons (Fsp3) is 0.474. The summed E-state index contributed by atoms with van der Waals surface area (Å²) in [5, 5.41) is 0. The minimum atomic E-state index is 0.159. The van der Waals surface area contributed by atoms with Crippen molar-refractivity contribution in [1.82, 2.24) is 19.9 Å². The van der Waals surface area contributed by atoms with Crippen LogP contribution in [-0.4, -0.2) is 45.4 Å². The summed E-state index contributed by atoms with van der Waals surface area (Å²) in [5.74, 6) is 1.20. The summed E-state index contributed by atoms with van der Waals surface area (Å²) in [5.41, 5.74) is 1.25. The van der Waals surface area contributed by atoms with Gasteiger partial charge in [-0.15, -0.1) is 0 Å². The molecule has 25 heavy (non-hydrogen) atoms. The Kier molecular flexibility index (Phi) is 4.34. The molecule has 0 aromatic carbocycles. The number of anilines is 1. The van der Waals surface area contributed by atoms with Crippen LogP contribution in [0.1, 0.15) is 31.2 Å². The zero-order valence-electron chi connectivity index (χ0n) is 14.3. The van der Waals surface area contributed by atoms with Gasteiger partial charge < -0.3 is 9.80 Å². The van der Waals surface area contributed by atoms with Crippen LogP contribution in [0.2, 0.25) is 0 Å². The first-order chi connectivity index (χ1) is 12.2. The summed E-state index contributed by atoms with van der Waals surface area (Å²) in [6, 6.07) is 3.96. The summed E-state index contributed by atoms with van der Waals surface area (Å²) in [7, 11) is 0. The molecule has 4 heterocycles. The number of pyridine rings is 1. The van der Waals surface area contributed by atoms with Gasteiger partial charge >= 0.3 is 0 Å². The summed E-state index contributed by atoms with van der Waals surface area (Å²) in [4.78, 5) is 29.6. The lowest BCUT2D eigenvalue weighted by atomic mass is 9.73. The Hall–Kier alpha value is -2.50. The lowest BCUT2D eigenvalue weighted by Gasteiger charge is -2.48. The lowest BCUT2D eigenvalue weighted by molar-refractivity contribution is -0.138. The van der Waals surface area contributed by atoms with Gasteiger partial charge in [0.25, 0.3) is 0 Å². The zero-order chi connectivity index (χ0) is 17.1. The van der Waals surface area contributed by atoms with Crippen LogP contribution in [-0.2, 0) is 11.3 Å². The predicted octanol–water partition coefficient (Wildman–Crippen LogP) is 2.28. The van der Waals surface area contributed by atoms with Crippen molar-refractivity contribution in [2.75, 3.05) is 24.5 Å². The van der Waals surface area contributed by atoms with Gasteiger partial charge in [-0.1, -0.05) is 6.07 Å². The van der Waals surface area contributed by atoms with Crippen LogP contribution in [0.25, 0.3) is 0 Å². The highest BCUT2D eigenvalue weighted by Crippen LogP contribution is 2.40. The Morgan fingerprint density at radius 2 is 2.00 bits per heavy atom. The second-order valence-electron chi connectivity index (χ2n) is 7.20. The van der Waals surface area contributed by atoms with E-state index in [0.29, 0.717) is 13.0 Å². The molecule has 0 bridgehead atoms. The number of piperidine rings is 2. The topological polar surface area (TPSA) is 62.2 Å². The van der Waals surface area contributed by atoms with E-state index in [-0.39, 0.29) is 11.3 Å². The second-order valence-corrected chi connectivity index (χ2v) is 7.20. The molecule has 6 heteroatoms. The van der Waals surface area contributed by atoms with E-state index in [4.69, 9.17) is 0 Å². The van der Waals surface area contributed by atoms with Crippen LogP contribution >= 0.6 is 0 Å². The Morgan fingerprint density at radius 1 is 1.08 bits per heavy atom. The van der Waals surface area contributed by atoms with Crippen LogP contribution in [0.5, 0.6) is 0 Å². The molecule has 0 N–H and O–H groups in total. The molecule has 130 valence electrons. The van der Waals surface area contributed by atoms with Crippen molar-refractivity contribution in [3.63, 3.8) is 0 Å². The predicted molar refractivity (Wildman–Crippen MR) is 94.8 cm³/mol. The highest BCUT2D eigenvalue weighted by atomic mass is 16.2. The highest BCUT2D eigenvalue weighted by Gasteiger charge is 2.42. The third kappa shape index (κ3) is 3.48. The van der Waals surface area contributed by atoms with Crippen LogP contribution in [0, 0.1) is 5.41 Å². The van der Waals surface area contributed by atoms with Crippen LogP contribution in [0.15, 0.2) is 43.1 Å². The van der Waals surface area contributed by atoms with Gasteiger partial charge in [0.1, 0.15) is 5.82 Å². The minimum absolute atomic E-state index is 0.159. The van der Waals surface area contributed by atoms with Gasteiger partial charge in [-0.2, -0.15) is 0 Å². The van der Waals surface area contributed by atoms with E-state index in [1.54, 1.807) is 18.6 Å². The third-order valence-corrected chi connectivity index (χ3v) is 5.38. The first kappa shape index (κ1) is 16.0. The van der Waals surface area contributed by atoms with E-state index in [1.165, 1.54) is 6.42 Å². The smallest absolute Gasteiger partial charge is 0.222 e. The number of carbonyl (C=O) groups is 1. The number of carbonyl (C=O) groups excluding carboxylic acids is 1. The Morgan fingerprint density at radius 3 is 2.80 bits per heavy atom. The maximum atomic E-state index is 12.4. The van der Waals surface area contributed by atoms with E-state index in [2.05, 4.69) is 19.9 Å². The van der Waals surface area contributed by atoms with Gasteiger partial charge in [0.05, 0.1) is 6.20 Å². The molecule has 0 saturated carbocycles. The molecule has 2 aromatic heterocycles. The second kappa shape index (κ2) is 6.78. The van der Waals surface area contributed by atoms with Crippen LogP contribution < -0.4 is 4.90 Å². The molecule has 2 aromatic rings. The summed E-state index contributed by atoms with van der Waals surface area (Å²) in [6.45, 7) is 3.43. The third-order valence-electron chi connectivity index (χ3n) is 5.38. The molecule has 0 unspecified atom stereocenters. The van der Waals surface area contributed by atoms with Gasteiger partial charge in [0.2, 0.25) is 5.91 Å². The molecule has 4 rings (SSSR count). The Bertz CT molecular complexity index is 723. The van der Waals surface area contributed by atoms with Gasteiger partial charge in [-0.3, -0.25) is 14.8 Å². The molecule has 0 radical (unpaired) electrons. The maximum Gasteiger partial charge on any atom is 0.222 e. The zero-order valence-corrected chi connectivity index (χ0v) is 14.3. The van der Waals surface area contributed by atoms with Gasteiger partial charge in [-0.05, 0) is 30.9 Å². The van der Waals surface area contributed by atoms with E-state index in [9.17, 15) is 4.79 Å². The standard InChI is InChI=1S/C19H23N5O/c25-18-4-6-19(15-24(18)13-16-3-1-7-20-11-16)5-2-10-23(14-19)17-12-21-8-9-22-17/h1,3,7-9,11-12H,2,4-6,10,13-15H2/t19-/m0/s1. The van der Waals surface area contributed by atoms with Crippen molar-refractivity contribution >= 4 is 11.7 Å². The number of likely N-dealkylation sites (tertiary alicyclic amines) is 1. The molecule has 2 aliphatic heterocycles. The van der Waals surface area contributed by atoms with Crippen molar-refractivity contribution in [3.05, 3.63) is 48.7 Å². The normalized spacial score (nSPS) is 23.9. The molecule has 6 nitrogen and oxygen atoms in total. The van der Waals surface area contributed by atoms with E-state index in [1.807, 2.05) is 29.4 Å². The van der Waals surface area contributed by atoms with Crippen molar-refractivity contribution in [2.24, 2.45) is 5.41 Å². The first-order valence-corrected chi connectivity index (χ1v) is 8.92. The summed E-state index contributed by atoms with van der Waals surface area (Å²) >= 11 is 0. The first-order valence-electron chi connectivity index (χ1n) is 8.92. The molecule has 0 aliphatic carbocycles. The monoisotopic (exact) mass is 337 g/mol. The quantitative estimate of drug-likeness (QED) is 0.860. The fourth-order valence-corrected chi connectivity index (χ4v) is 4.15. The molecular weight excluding hydrogens is 314 g/mol. The molecule has 1 amide bonds. The fourth-order valence-electron chi connectivity index (χ4n) is 4.15. The van der Waals surface area contributed by atoms with Crippen molar-refractivity contribution < 1.29 is 4.79 Å². The Balaban J connectivity index is 1.50. The van der Waals surface area contributed by atoms with Crippen molar-refractivity contribution in [1.29, 1.82) is 0 Å². The summed E-state index contributed by atoms with van der Waals surface area (Å²) < 4.78 is 0. The molecular formula is C19H23N5O. The molecule has 2 aliphatic rings. The van der Waals surface area contributed by atoms with E-state index >= 15 is 0 Å². The van der Waals surface area contributed by atoms with Crippen molar-refractivity contribution in [3.8, 4) is 0 Å². The van der Waals surface area contributed by atoms with E-state index in [0.717, 1.165) is 43.9 Å². The molecule has 2 saturated heterocycles. The van der Waals surface area contributed by atoms with E-state index < -0.39 is 0 Å². The number of rotatable bonds is 3. The van der Waals surface area contributed by atoms with Gasteiger partial charge in [0, 0.05) is 62.8 Å². The van der Waals surface area contributed by atoms with Gasteiger partial charge in [-0.25, -0.2) is 4.98 Å².